The van der Waals surface area contributed by atoms with Crippen molar-refractivity contribution < 1.29 is 24.2 Å². The first-order valence-electron chi connectivity index (χ1n) is 7.90. The summed E-state index contributed by atoms with van der Waals surface area (Å²) in [4.78, 5) is 31.3. The van der Waals surface area contributed by atoms with Gasteiger partial charge in [-0.1, -0.05) is 24.3 Å². The normalized spacial score (nSPS) is 13.2. The zero-order valence-electron chi connectivity index (χ0n) is 13.6. The summed E-state index contributed by atoms with van der Waals surface area (Å²) in [5.74, 6) is -0.777. The molecule has 0 aliphatic carbocycles. The Hall–Kier alpha value is -3.61. The predicted molar refractivity (Wildman–Crippen MR) is 94.0 cm³/mol. The summed E-state index contributed by atoms with van der Waals surface area (Å²) in [7, 11) is 0. The van der Waals surface area contributed by atoms with E-state index in [4.69, 9.17) is 9.47 Å². The van der Waals surface area contributed by atoms with Crippen molar-refractivity contribution in [2.45, 2.75) is 6.54 Å². The van der Waals surface area contributed by atoms with E-state index in [2.05, 4.69) is 9.98 Å². The molecule has 1 aromatic heterocycles. The van der Waals surface area contributed by atoms with Gasteiger partial charge >= 0.3 is 5.97 Å². The van der Waals surface area contributed by atoms with E-state index in [0.29, 0.717) is 16.9 Å². The summed E-state index contributed by atoms with van der Waals surface area (Å²) >= 11 is 0. The van der Waals surface area contributed by atoms with E-state index in [0.717, 1.165) is 11.1 Å². The molecule has 26 heavy (non-hydrogen) atoms. The molecule has 0 saturated carbocycles. The lowest BCUT2D eigenvalue weighted by atomic mass is 10.1. The third-order valence-corrected chi connectivity index (χ3v) is 4.11. The molecule has 0 unspecified atom stereocenters. The maximum atomic E-state index is 12.7. The fourth-order valence-electron chi connectivity index (χ4n) is 2.83. The van der Waals surface area contributed by atoms with Gasteiger partial charge in [0.1, 0.15) is 0 Å². The van der Waals surface area contributed by atoms with Gasteiger partial charge in [-0.15, -0.1) is 0 Å². The minimum absolute atomic E-state index is 0.0480. The van der Waals surface area contributed by atoms with Gasteiger partial charge in [0.25, 0.3) is 0 Å². The molecule has 2 N–H and O–H groups in total. The summed E-state index contributed by atoms with van der Waals surface area (Å²) in [5.41, 5.74) is 1.26. The zero-order valence-corrected chi connectivity index (χ0v) is 13.6. The van der Waals surface area contributed by atoms with Crippen LogP contribution in [0.5, 0.6) is 11.5 Å². The number of rotatable bonds is 5. The number of H-pyrrole nitrogens is 1. The number of para-hydroxylation sites is 1. The number of Topliss-reactive ketones (excluding diaryl/α,β-unsaturated/α-hetero) is 1. The molecule has 2 aromatic carbocycles. The van der Waals surface area contributed by atoms with Crippen LogP contribution in [0.2, 0.25) is 0 Å². The van der Waals surface area contributed by atoms with Crippen LogP contribution in [0.3, 0.4) is 0 Å². The van der Waals surface area contributed by atoms with Crippen LogP contribution >= 0.6 is 0 Å². The molecule has 0 saturated heterocycles. The summed E-state index contributed by atoms with van der Waals surface area (Å²) in [6, 6.07) is 12.4. The van der Waals surface area contributed by atoms with Crippen molar-refractivity contribution in [2.75, 3.05) is 6.79 Å². The number of carboxylic acid groups (broad SMARTS) is 1. The molecule has 0 atom stereocenters. The van der Waals surface area contributed by atoms with Gasteiger partial charge in [-0.05, 0) is 23.8 Å². The average Bonchev–Trinajstić information content (AvgIpc) is 3.27. The second-order valence-electron chi connectivity index (χ2n) is 5.73. The van der Waals surface area contributed by atoms with Crippen molar-refractivity contribution in [2.24, 2.45) is 4.99 Å². The molecule has 0 bridgehead atoms. The molecular formula is C19H14N2O5. The molecule has 0 amide bonds. The molecule has 7 nitrogen and oxygen atoms in total. The van der Waals surface area contributed by atoms with Gasteiger partial charge in [-0.3, -0.25) is 9.79 Å². The highest BCUT2D eigenvalue weighted by atomic mass is 16.7. The zero-order chi connectivity index (χ0) is 18.1. The lowest BCUT2D eigenvalue weighted by Crippen LogP contribution is -2.24. The highest BCUT2D eigenvalue weighted by Crippen LogP contribution is 2.32. The number of carboxylic acids is 1. The predicted octanol–water partition coefficient (Wildman–Crippen LogP) is 2.81. The number of ketones is 1. The van der Waals surface area contributed by atoms with Crippen LogP contribution < -0.4 is 9.47 Å². The number of ether oxygens (including phenoxy) is 2. The third-order valence-electron chi connectivity index (χ3n) is 4.11. The SMILES string of the molecule is O=C(O)C(=NCc1ccc2c(c1)OCO2)C(=O)c1c[nH]c2ccccc12. The molecule has 1 aliphatic rings. The summed E-state index contributed by atoms with van der Waals surface area (Å²) in [5, 5.41) is 10.1. The molecule has 0 spiro atoms. The van der Waals surface area contributed by atoms with Crippen molar-refractivity contribution in [1.29, 1.82) is 0 Å². The quantitative estimate of drug-likeness (QED) is 0.419. The number of carbonyl (C=O) groups is 2. The minimum atomic E-state index is -1.36. The van der Waals surface area contributed by atoms with E-state index in [9.17, 15) is 14.7 Å². The molecular weight excluding hydrogens is 336 g/mol. The lowest BCUT2D eigenvalue weighted by molar-refractivity contribution is -0.129. The standard InChI is InChI=1S/C19H14N2O5/c22-18(13-9-20-14-4-2-1-3-12(13)14)17(19(23)24)21-8-11-5-6-15-16(7-11)26-10-25-15/h1-7,9,20H,8,10H2,(H,23,24). The molecule has 1 aliphatic heterocycles. The number of aromatic nitrogens is 1. The van der Waals surface area contributed by atoms with Gasteiger partial charge in [-0.25, -0.2) is 4.79 Å². The number of aliphatic carboxylic acids is 1. The second kappa shape index (κ2) is 6.36. The van der Waals surface area contributed by atoms with Crippen LogP contribution in [-0.4, -0.2) is 34.3 Å². The summed E-state index contributed by atoms with van der Waals surface area (Å²) in [6.07, 6.45) is 1.51. The van der Waals surface area contributed by atoms with Crippen LogP contribution in [0.4, 0.5) is 0 Å². The van der Waals surface area contributed by atoms with Gasteiger partial charge in [0, 0.05) is 22.7 Å². The number of aromatic amines is 1. The molecule has 3 aromatic rings. The van der Waals surface area contributed by atoms with Crippen molar-refractivity contribution >= 4 is 28.4 Å². The molecule has 0 radical (unpaired) electrons. The Bertz CT molecular complexity index is 1050. The minimum Gasteiger partial charge on any atom is -0.476 e. The summed E-state index contributed by atoms with van der Waals surface area (Å²) in [6.45, 7) is 0.202. The number of nitrogens with zero attached hydrogens (tertiary/aromatic N) is 1. The average molecular weight is 350 g/mol. The van der Waals surface area contributed by atoms with Gasteiger partial charge < -0.3 is 19.6 Å². The molecule has 2 heterocycles. The van der Waals surface area contributed by atoms with E-state index in [1.807, 2.05) is 12.1 Å². The largest absolute Gasteiger partial charge is 0.476 e. The Balaban J connectivity index is 1.64. The fraction of sp³-hybridized carbons (Fsp3) is 0.105. The molecule has 4 rings (SSSR count). The molecule has 7 heteroatoms. The first-order chi connectivity index (χ1) is 12.6. The first kappa shape index (κ1) is 15.9. The monoisotopic (exact) mass is 350 g/mol. The van der Waals surface area contributed by atoms with Crippen molar-refractivity contribution in [1.82, 2.24) is 4.98 Å². The Labute approximate surface area is 147 Å². The number of hydrogen-bond acceptors (Lipinski definition) is 5. The Kier molecular flexibility index (Phi) is 3.89. The molecule has 0 fully saturated rings. The smallest absolute Gasteiger partial charge is 0.358 e. The Morgan fingerprint density at radius 1 is 1.12 bits per heavy atom. The van der Waals surface area contributed by atoms with Crippen LogP contribution in [0, 0.1) is 0 Å². The number of carbonyl (C=O) groups excluding carboxylic acids is 1. The fourth-order valence-corrected chi connectivity index (χ4v) is 2.83. The van der Waals surface area contributed by atoms with Crippen LogP contribution in [0.25, 0.3) is 10.9 Å². The highest BCUT2D eigenvalue weighted by Gasteiger charge is 2.24. The van der Waals surface area contributed by atoms with Gasteiger partial charge in [0.15, 0.2) is 17.2 Å². The lowest BCUT2D eigenvalue weighted by Gasteiger charge is -2.03. The van der Waals surface area contributed by atoms with Crippen LogP contribution in [0.15, 0.2) is 53.7 Å². The van der Waals surface area contributed by atoms with E-state index in [1.54, 1.807) is 30.3 Å². The van der Waals surface area contributed by atoms with Gasteiger partial charge in [-0.2, -0.15) is 0 Å². The number of aliphatic imine (C=N–C) groups is 1. The van der Waals surface area contributed by atoms with Gasteiger partial charge in [0.05, 0.1) is 6.54 Å². The number of hydrogen-bond donors (Lipinski definition) is 2. The summed E-state index contributed by atoms with van der Waals surface area (Å²) < 4.78 is 10.5. The number of benzene rings is 2. The Morgan fingerprint density at radius 2 is 1.92 bits per heavy atom. The maximum Gasteiger partial charge on any atom is 0.358 e. The van der Waals surface area contributed by atoms with E-state index in [1.165, 1.54) is 6.20 Å². The van der Waals surface area contributed by atoms with Crippen molar-refractivity contribution in [3.63, 3.8) is 0 Å². The number of fused-ring (bicyclic) bond motifs is 2. The van der Waals surface area contributed by atoms with Crippen LogP contribution in [0.1, 0.15) is 15.9 Å². The van der Waals surface area contributed by atoms with Crippen molar-refractivity contribution in [3.05, 3.63) is 59.8 Å². The highest BCUT2D eigenvalue weighted by molar-refractivity contribution is 6.68. The maximum absolute atomic E-state index is 12.7. The van der Waals surface area contributed by atoms with E-state index >= 15 is 0 Å². The first-order valence-corrected chi connectivity index (χ1v) is 7.90. The van der Waals surface area contributed by atoms with E-state index in [-0.39, 0.29) is 18.9 Å². The van der Waals surface area contributed by atoms with Crippen LogP contribution in [-0.2, 0) is 11.3 Å². The third kappa shape index (κ3) is 2.79. The number of nitrogens with one attached hydrogen (secondary N) is 1. The second-order valence-corrected chi connectivity index (χ2v) is 5.73. The van der Waals surface area contributed by atoms with Crippen molar-refractivity contribution in [3.8, 4) is 11.5 Å². The van der Waals surface area contributed by atoms with E-state index < -0.39 is 17.5 Å². The molecule has 130 valence electrons. The van der Waals surface area contributed by atoms with Gasteiger partial charge in [0.2, 0.25) is 12.6 Å². The Morgan fingerprint density at radius 3 is 2.77 bits per heavy atom. The topological polar surface area (TPSA) is 101 Å².